The molecule has 1 fully saturated rings. The highest BCUT2D eigenvalue weighted by atomic mass is 16.5. The Bertz CT molecular complexity index is 538. The smallest absolute Gasteiger partial charge is 0.330 e. The standard InChI is InChI=1S/C18H28N4O2/c1-14(13-22(2)16-7-5-4-6-8-16)21-17-12-19-15(11-20-17)9-10-18(23)24-3/h9-12,14,16H,4-8,13H2,1-3H3,(H,20,21)/t14-/m1/s1. The van der Waals surface area contributed by atoms with Gasteiger partial charge in [-0.2, -0.15) is 0 Å². The molecule has 0 amide bonds. The average molecular weight is 332 g/mol. The van der Waals surface area contributed by atoms with Gasteiger partial charge < -0.3 is 15.0 Å². The minimum absolute atomic E-state index is 0.294. The largest absolute Gasteiger partial charge is 0.466 e. The van der Waals surface area contributed by atoms with Gasteiger partial charge >= 0.3 is 5.97 Å². The predicted octanol–water partition coefficient (Wildman–Crippen LogP) is 2.73. The molecule has 6 heteroatoms. The topological polar surface area (TPSA) is 67.3 Å². The van der Waals surface area contributed by atoms with E-state index in [9.17, 15) is 4.79 Å². The molecular formula is C18H28N4O2. The van der Waals surface area contributed by atoms with E-state index in [2.05, 4.69) is 38.9 Å². The van der Waals surface area contributed by atoms with Crippen LogP contribution < -0.4 is 5.32 Å². The normalized spacial score (nSPS) is 17.2. The SMILES string of the molecule is COC(=O)C=Cc1cnc(N[C@H](C)CN(C)C2CCCCC2)cn1. The van der Waals surface area contributed by atoms with Gasteiger partial charge in [0.1, 0.15) is 5.82 Å². The van der Waals surface area contributed by atoms with Crippen molar-refractivity contribution in [3.05, 3.63) is 24.2 Å². The number of hydrogen-bond donors (Lipinski definition) is 1. The zero-order chi connectivity index (χ0) is 17.4. The Hall–Kier alpha value is -1.95. The third-order valence-electron chi connectivity index (χ3n) is 4.42. The molecule has 1 atom stereocenters. The van der Waals surface area contributed by atoms with Gasteiger partial charge in [0, 0.05) is 24.7 Å². The molecule has 6 nitrogen and oxygen atoms in total. The minimum Gasteiger partial charge on any atom is -0.466 e. The number of carbonyl (C=O) groups is 1. The molecule has 1 aromatic rings. The Morgan fingerprint density at radius 2 is 2.12 bits per heavy atom. The maximum atomic E-state index is 11.1. The van der Waals surface area contributed by atoms with Crippen LogP contribution in [0.2, 0.25) is 0 Å². The van der Waals surface area contributed by atoms with Crippen LogP contribution in [-0.4, -0.2) is 53.6 Å². The number of likely N-dealkylation sites (N-methyl/N-ethyl adjacent to an activating group) is 1. The fourth-order valence-corrected chi connectivity index (χ4v) is 3.12. The Labute approximate surface area is 144 Å². The average Bonchev–Trinajstić information content (AvgIpc) is 2.61. The molecule has 0 aromatic carbocycles. The van der Waals surface area contributed by atoms with Crippen molar-refractivity contribution in [2.24, 2.45) is 0 Å². The van der Waals surface area contributed by atoms with Crippen LogP contribution in [0.4, 0.5) is 5.82 Å². The van der Waals surface area contributed by atoms with Crippen molar-refractivity contribution in [2.75, 3.05) is 26.0 Å². The minimum atomic E-state index is -0.404. The highest BCUT2D eigenvalue weighted by Crippen LogP contribution is 2.21. The zero-order valence-corrected chi connectivity index (χ0v) is 14.9. The van der Waals surface area contributed by atoms with Gasteiger partial charge in [0.15, 0.2) is 0 Å². The first kappa shape index (κ1) is 18.4. The van der Waals surface area contributed by atoms with Crippen molar-refractivity contribution in [3.8, 4) is 0 Å². The van der Waals surface area contributed by atoms with Crippen molar-refractivity contribution in [2.45, 2.75) is 51.1 Å². The summed E-state index contributed by atoms with van der Waals surface area (Å²) in [7, 11) is 3.55. The van der Waals surface area contributed by atoms with E-state index in [0.717, 1.165) is 12.4 Å². The van der Waals surface area contributed by atoms with Crippen molar-refractivity contribution in [1.29, 1.82) is 0 Å². The molecule has 1 heterocycles. The summed E-state index contributed by atoms with van der Waals surface area (Å²) in [5, 5.41) is 3.38. The molecule has 1 aliphatic rings. The van der Waals surface area contributed by atoms with E-state index in [0.29, 0.717) is 17.8 Å². The number of aromatic nitrogens is 2. The zero-order valence-electron chi connectivity index (χ0n) is 14.9. The summed E-state index contributed by atoms with van der Waals surface area (Å²) in [4.78, 5) is 22.1. The molecule has 0 radical (unpaired) electrons. The number of hydrogen-bond acceptors (Lipinski definition) is 6. The number of carbonyl (C=O) groups excluding carboxylic acids is 1. The number of ether oxygens (including phenoxy) is 1. The summed E-state index contributed by atoms with van der Waals surface area (Å²) in [5.41, 5.74) is 0.623. The number of nitrogens with zero attached hydrogens (tertiary/aromatic N) is 3. The van der Waals surface area contributed by atoms with Crippen LogP contribution in [0.1, 0.15) is 44.7 Å². The van der Waals surface area contributed by atoms with Gasteiger partial charge in [-0.1, -0.05) is 19.3 Å². The van der Waals surface area contributed by atoms with Gasteiger partial charge in [-0.05, 0) is 32.9 Å². The lowest BCUT2D eigenvalue weighted by molar-refractivity contribution is -0.134. The maximum Gasteiger partial charge on any atom is 0.330 e. The van der Waals surface area contributed by atoms with Gasteiger partial charge in [-0.3, -0.25) is 4.98 Å². The lowest BCUT2D eigenvalue weighted by Crippen LogP contribution is -2.40. The van der Waals surface area contributed by atoms with Crippen LogP contribution in [-0.2, 0) is 9.53 Å². The first-order valence-corrected chi connectivity index (χ1v) is 8.63. The fraction of sp³-hybridized carbons (Fsp3) is 0.611. The van der Waals surface area contributed by atoms with Crippen LogP contribution in [0.15, 0.2) is 18.5 Å². The van der Waals surface area contributed by atoms with Crippen LogP contribution in [0, 0.1) is 0 Å². The molecule has 2 rings (SSSR count). The highest BCUT2D eigenvalue weighted by molar-refractivity contribution is 5.86. The summed E-state index contributed by atoms with van der Waals surface area (Å²) in [6, 6.07) is 1.00. The molecule has 0 saturated heterocycles. The van der Waals surface area contributed by atoms with Crippen molar-refractivity contribution >= 4 is 17.9 Å². The molecule has 24 heavy (non-hydrogen) atoms. The van der Waals surface area contributed by atoms with Crippen LogP contribution in [0.5, 0.6) is 0 Å². The molecule has 1 N–H and O–H groups in total. The molecule has 132 valence electrons. The van der Waals surface area contributed by atoms with Gasteiger partial charge in [0.05, 0.1) is 25.2 Å². The number of anilines is 1. The summed E-state index contributed by atoms with van der Waals surface area (Å²) < 4.78 is 4.54. The second kappa shape index (κ2) is 9.37. The maximum absolute atomic E-state index is 11.1. The number of rotatable bonds is 7. The number of methoxy groups -OCH3 is 1. The van der Waals surface area contributed by atoms with E-state index in [1.54, 1.807) is 18.5 Å². The molecule has 0 spiro atoms. The van der Waals surface area contributed by atoms with Gasteiger partial charge in [-0.15, -0.1) is 0 Å². The highest BCUT2D eigenvalue weighted by Gasteiger charge is 2.19. The second-order valence-corrected chi connectivity index (χ2v) is 6.46. The number of esters is 1. The molecule has 1 aromatic heterocycles. The fourth-order valence-electron chi connectivity index (χ4n) is 3.12. The molecule has 0 bridgehead atoms. The first-order valence-electron chi connectivity index (χ1n) is 8.63. The van der Waals surface area contributed by atoms with Crippen LogP contribution >= 0.6 is 0 Å². The first-order chi connectivity index (χ1) is 11.6. The summed E-state index contributed by atoms with van der Waals surface area (Å²) in [5.74, 6) is 0.341. The van der Waals surface area contributed by atoms with Crippen molar-refractivity contribution < 1.29 is 9.53 Å². The van der Waals surface area contributed by atoms with Crippen molar-refractivity contribution in [1.82, 2.24) is 14.9 Å². The summed E-state index contributed by atoms with van der Waals surface area (Å²) in [6.45, 7) is 3.14. The molecule has 0 unspecified atom stereocenters. The van der Waals surface area contributed by atoms with E-state index < -0.39 is 5.97 Å². The Morgan fingerprint density at radius 1 is 1.38 bits per heavy atom. The van der Waals surface area contributed by atoms with E-state index in [1.807, 2.05) is 0 Å². The molecule has 1 aliphatic carbocycles. The Morgan fingerprint density at radius 3 is 2.75 bits per heavy atom. The third-order valence-corrected chi connectivity index (χ3v) is 4.42. The summed E-state index contributed by atoms with van der Waals surface area (Å²) in [6.07, 6.45) is 12.9. The molecule has 1 saturated carbocycles. The van der Waals surface area contributed by atoms with Crippen molar-refractivity contribution in [3.63, 3.8) is 0 Å². The van der Waals surface area contributed by atoms with E-state index >= 15 is 0 Å². The number of nitrogens with one attached hydrogen (secondary N) is 1. The molecular weight excluding hydrogens is 304 g/mol. The van der Waals surface area contributed by atoms with Gasteiger partial charge in [0.2, 0.25) is 0 Å². The third kappa shape index (κ3) is 5.92. The summed E-state index contributed by atoms with van der Waals surface area (Å²) >= 11 is 0. The molecule has 0 aliphatic heterocycles. The quantitative estimate of drug-likeness (QED) is 0.612. The van der Waals surface area contributed by atoms with Crippen LogP contribution in [0.25, 0.3) is 6.08 Å². The predicted molar refractivity (Wildman–Crippen MR) is 95.7 cm³/mol. The van der Waals surface area contributed by atoms with Crippen LogP contribution in [0.3, 0.4) is 0 Å². The second-order valence-electron chi connectivity index (χ2n) is 6.46. The van der Waals surface area contributed by atoms with E-state index in [4.69, 9.17) is 0 Å². The van der Waals surface area contributed by atoms with E-state index in [1.165, 1.54) is 45.3 Å². The van der Waals surface area contributed by atoms with Gasteiger partial charge in [-0.25, -0.2) is 9.78 Å². The lowest BCUT2D eigenvalue weighted by atomic mass is 9.94. The monoisotopic (exact) mass is 332 g/mol. The Kier molecular flexibility index (Phi) is 7.18. The Balaban J connectivity index is 1.81. The lowest BCUT2D eigenvalue weighted by Gasteiger charge is -2.33. The van der Waals surface area contributed by atoms with E-state index in [-0.39, 0.29) is 0 Å². The van der Waals surface area contributed by atoms with Gasteiger partial charge in [0.25, 0.3) is 0 Å².